The number of ether oxygens (including phenoxy) is 1. The van der Waals surface area contributed by atoms with Crippen LogP contribution < -0.4 is 4.74 Å². The van der Waals surface area contributed by atoms with Crippen LogP contribution in [-0.2, 0) is 19.4 Å². The van der Waals surface area contributed by atoms with Gasteiger partial charge in [-0.25, -0.2) is 8.78 Å². The van der Waals surface area contributed by atoms with Gasteiger partial charge in [0.25, 0.3) is 0 Å². The second kappa shape index (κ2) is 9.64. The van der Waals surface area contributed by atoms with Crippen molar-refractivity contribution in [1.29, 1.82) is 0 Å². The molecule has 0 N–H and O–H groups in total. The van der Waals surface area contributed by atoms with Crippen LogP contribution in [0.2, 0.25) is 0 Å². The first-order chi connectivity index (χ1) is 14.0. The second-order valence-corrected chi connectivity index (χ2v) is 7.11. The highest BCUT2D eigenvalue weighted by Crippen LogP contribution is 2.26. The highest BCUT2D eigenvalue weighted by Gasteiger charge is 2.13. The van der Waals surface area contributed by atoms with Gasteiger partial charge < -0.3 is 4.74 Å². The SMILES string of the molecule is CCCCc1ccc(-c2ccc(COc3ccc(CC)c(F)c3F)cc2)c(F)c1. The zero-order chi connectivity index (χ0) is 20.8. The molecule has 0 saturated heterocycles. The summed E-state index contributed by atoms with van der Waals surface area (Å²) in [5.74, 6) is -2.18. The van der Waals surface area contributed by atoms with E-state index in [-0.39, 0.29) is 18.2 Å². The van der Waals surface area contributed by atoms with Crippen molar-refractivity contribution in [3.05, 3.63) is 88.7 Å². The first-order valence-electron chi connectivity index (χ1n) is 10.0. The predicted molar refractivity (Wildman–Crippen MR) is 111 cm³/mol. The lowest BCUT2D eigenvalue weighted by atomic mass is 10.00. The molecule has 0 fully saturated rings. The molecule has 3 aromatic carbocycles. The van der Waals surface area contributed by atoms with Crippen LogP contribution in [0.15, 0.2) is 54.6 Å². The molecule has 0 saturated carbocycles. The predicted octanol–water partition coefficient (Wildman–Crippen LogP) is 7.25. The highest BCUT2D eigenvalue weighted by molar-refractivity contribution is 5.64. The van der Waals surface area contributed by atoms with Crippen molar-refractivity contribution in [2.45, 2.75) is 46.1 Å². The lowest BCUT2D eigenvalue weighted by Crippen LogP contribution is -2.01. The molecule has 29 heavy (non-hydrogen) atoms. The summed E-state index contributed by atoms with van der Waals surface area (Å²) >= 11 is 0. The maximum atomic E-state index is 14.5. The Morgan fingerprint density at radius 1 is 0.793 bits per heavy atom. The average Bonchev–Trinajstić information content (AvgIpc) is 2.74. The fourth-order valence-corrected chi connectivity index (χ4v) is 3.23. The molecule has 3 rings (SSSR count). The van der Waals surface area contributed by atoms with Crippen molar-refractivity contribution in [2.75, 3.05) is 0 Å². The highest BCUT2D eigenvalue weighted by atomic mass is 19.2. The smallest absolute Gasteiger partial charge is 0.200 e. The van der Waals surface area contributed by atoms with Crippen LogP contribution in [0.25, 0.3) is 11.1 Å². The first kappa shape index (κ1) is 21.0. The van der Waals surface area contributed by atoms with Gasteiger partial charge in [0.15, 0.2) is 11.6 Å². The second-order valence-electron chi connectivity index (χ2n) is 7.11. The number of benzene rings is 3. The molecule has 0 bridgehead atoms. The summed E-state index contributed by atoms with van der Waals surface area (Å²) < 4.78 is 47.8. The van der Waals surface area contributed by atoms with E-state index >= 15 is 0 Å². The molecular weight excluding hydrogens is 373 g/mol. The number of aryl methyl sites for hydroxylation is 2. The van der Waals surface area contributed by atoms with Crippen molar-refractivity contribution in [1.82, 2.24) is 0 Å². The number of unbranched alkanes of at least 4 members (excludes halogenated alkanes) is 1. The van der Waals surface area contributed by atoms with E-state index in [0.29, 0.717) is 17.5 Å². The van der Waals surface area contributed by atoms with Crippen LogP contribution >= 0.6 is 0 Å². The van der Waals surface area contributed by atoms with E-state index in [1.165, 1.54) is 12.1 Å². The fraction of sp³-hybridized carbons (Fsp3) is 0.280. The Balaban J connectivity index is 1.69. The van der Waals surface area contributed by atoms with Crippen molar-refractivity contribution in [3.63, 3.8) is 0 Å². The molecule has 0 aliphatic carbocycles. The summed E-state index contributed by atoms with van der Waals surface area (Å²) in [5.41, 5.74) is 3.41. The normalized spacial score (nSPS) is 10.9. The Bertz CT molecular complexity index is 965. The monoisotopic (exact) mass is 398 g/mol. The van der Waals surface area contributed by atoms with E-state index < -0.39 is 11.6 Å². The van der Waals surface area contributed by atoms with E-state index in [2.05, 4.69) is 6.92 Å². The molecule has 0 aliphatic heterocycles. The van der Waals surface area contributed by atoms with Crippen molar-refractivity contribution in [3.8, 4) is 16.9 Å². The Labute approximate surface area is 170 Å². The molecule has 4 heteroatoms. The third-order valence-corrected chi connectivity index (χ3v) is 5.02. The van der Waals surface area contributed by atoms with Crippen molar-refractivity contribution >= 4 is 0 Å². The van der Waals surface area contributed by atoms with E-state index in [0.717, 1.165) is 36.0 Å². The number of rotatable bonds is 8. The standard InChI is InChI=1S/C25H25F3O/c1-3-5-6-17-9-13-21(22(26)15-17)20-10-7-18(8-11-20)16-29-23-14-12-19(4-2)24(27)25(23)28/h7-15H,3-6,16H2,1-2H3. The van der Waals surface area contributed by atoms with Crippen LogP contribution in [0, 0.1) is 17.5 Å². The topological polar surface area (TPSA) is 9.23 Å². The minimum Gasteiger partial charge on any atom is -0.486 e. The van der Waals surface area contributed by atoms with Gasteiger partial charge >= 0.3 is 0 Å². The molecule has 0 amide bonds. The molecule has 0 aromatic heterocycles. The zero-order valence-electron chi connectivity index (χ0n) is 16.8. The minimum atomic E-state index is -0.966. The minimum absolute atomic E-state index is 0.0978. The molecule has 0 radical (unpaired) electrons. The molecule has 0 spiro atoms. The van der Waals surface area contributed by atoms with E-state index in [1.807, 2.05) is 6.07 Å². The van der Waals surface area contributed by atoms with Crippen LogP contribution in [0.3, 0.4) is 0 Å². The third-order valence-electron chi connectivity index (χ3n) is 5.02. The molecule has 0 aliphatic rings. The molecule has 1 nitrogen and oxygen atoms in total. The van der Waals surface area contributed by atoms with Gasteiger partial charge in [0, 0.05) is 5.56 Å². The lowest BCUT2D eigenvalue weighted by molar-refractivity contribution is 0.284. The third kappa shape index (κ3) is 5.00. The quantitative estimate of drug-likeness (QED) is 0.388. The van der Waals surface area contributed by atoms with Crippen LogP contribution in [-0.4, -0.2) is 0 Å². The summed E-state index contributed by atoms with van der Waals surface area (Å²) in [6, 6.07) is 15.6. The van der Waals surface area contributed by atoms with Crippen molar-refractivity contribution in [2.24, 2.45) is 0 Å². The van der Waals surface area contributed by atoms with Gasteiger partial charge in [-0.15, -0.1) is 0 Å². The number of hydrogen-bond acceptors (Lipinski definition) is 1. The number of hydrogen-bond donors (Lipinski definition) is 0. The summed E-state index contributed by atoms with van der Waals surface area (Å²) in [5, 5.41) is 0. The van der Waals surface area contributed by atoms with Gasteiger partial charge in [0.2, 0.25) is 5.82 Å². The van der Waals surface area contributed by atoms with Crippen molar-refractivity contribution < 1.29 is 17.9 Å². The van der Waals surface area contributed by atoms with Gasteiger partial charge in [0.05, 0.1) is 0 Å². The Morgan fingerprint density at radius 2 is 1.52 bits per heavy atom. The Morgan fingerprint density at radius 3 is 2.17 bits per heavy atom. The Hall–Kier alpha value is -2.75. The lowest BCUT2D eigenvalue weighted by Gasteiger charge is -2.11. The fourth-order valence-electron chi connectivity index (χ4n) is 3.23. The van der Waals surface area contributed by atoms with Gasteiger partial charge in [-0.2, -0.15) is 4.39 Å². The molecular formula is C25H25F3O. The van der Waals surface area contributed by atoms with E-state index in [1.54, 1.807) is 43.3 Å². The Kier molecular flexibility index (Phi) is 6.97. The number of halogens is 3. The van der Waals surface area contributed by atoms with Crippen LogP contribution in [0.5, 0.6) is 5.75 Å². The molecule has 3 aromatic rings. The maximum absolute atomic E-state index is 14.5. The first-order valence-corrected chi connectivity index (χ1v) is 10.0. The summed E-state index contributed by atoms with van der Waals surface area (Å²) in [6.07, 6.45) is 3.41. The summed E-state index contributed by atoms with van der Waals surface area (Å²) in [7, 11) is 0. The van der Waals surface area contributed by atoms with Gasteiger partial charge in [0.1, 0.15) is 12.4 Å². The van der Waals surface area contributed by atoms with Gasteiger partial charge in [-0.05, 0) is 53.6 Å². The molecule has 152 valence electrons. The van der Waals surface area contributed by atoms with E-state index in [4.69, 9.17) is 4.74 Å². The molecule has 0 unspecified atom stereocenters. The van der Waals surface area contributed by atoms with Crippen LogP contribution in [0.4, 0.5) is 13.2 Å². The van der Waals surface area contributed by atoms with E-state index in [9.17, 15) is 13.2 Å². The zero-order valence-corrected chi connectivity index (χ0v) is 16.8. The molecule has 0 atom stereocenters. The summed E-state index contributed by atoms with van der Waals surface area (Å²) in [4.78, 5) is 0. The van der Waals surface area contributed by atoms with Crippen LogP contribution in [0.1, 0.15) is 43.4 Å². The summed E-state index contributed by atoms with van der Waals surface area (Å²) in [6.45, 7) is 3.98. The van der Waals surface area contributed by atoms with Gasteiger partial charge in [-0.3, -0.25) is 0 Å². The molecule has 0 heterocycles. The average molecular weight is 398 g/mol. The largest absolute Gasteiger partial charge is 0.486 e. The maximum Gasteiger partial charge on any atom is 0.200 e. The van der Waals surface area contributed by atoms with Gasteiger partial charge in [-0.1, -0.05) is 62.7 Å².